The van der Waals surface area contributed by atoms with Crippen molar-refractivity contribution in [2.45, 2.75) is 12.8 Å². The molecule has 0 N–H and O–H groups in total. The van der Waals surface area contributed by atoms with Crippen LogP contribution in [0.25, 0.3) is 11.1 Å². The Bertz CT molecular complexity index is 809. The van der Waals surface area contributed by atoms with Crippen LogP contribution in [0, 0.1) is 0 Å². The molecule has 0 aromatic heterocycles. The van der Waals surface area contributed by atoms with E-state index < -0.39 is 0 Å². The van der Waals surface area contributed by atoms with Crippen LogP contribution in [0.4, 0.5) is 0 Å². The van der Waals surface area contributed by atoms with Crippen LogP contribution in [-0.4, -0.2) is 5.78 Å². The molecule has 0 atom stereocenters. The summed E-state index contributed by atoms with van der Waals surface area (Å²) in [6.45, 7) is 0. The molecule has 0 radical (unpaired) electrons. The van der Waals surface area contributed by atoms with Crippen LogP contribution < -0.4 is 0 Å². The first-order valence-corrected chi connectivity index (χ1v) is 8.00. The molecule has 0 fully saturated rings. The third-order valence-electron chi connectivity index (χ3n) is 3.84. The molecule has 0 spiro atoms. The molecule has 114 valence electrons. The highest BCUT2D eigenvalue weighted by molar-refractivity contribution is 6.31. The standard InChI is InChI=1S/C21H17ClO/c22-21-13-7-5-11-18(21)15-19(23)14-17-10-4-6-12-20(17)16-8-2-1-3-9-16/h1-13H,14-15H2. The minimum Gasteiger partial charge on any atom is -0.299 e. The van der Waals surface area contributed by atoms with E-state index in [0.717, 1.165) is 22.3 Å². The quantitative estimate of drug-likeness (QED) is 0.618. The number of benzene rings is 3. The highest BCUT2D eigenvalue weighted by Crippen LogP contribution is 2.24. The van der Waals surface area contributed by atoms with Gasteiger partial charge in [-0.15, -0.1) is 0 Å². The van der Waals surface area contributed by atoms with Crippen LogP contribution in [0.2, 0.25) is 5.02 Å². The average molecular weight is 321 g/mol. The van der Waals surface area contributed by atoms with Gasteiger partial charge in [-0.05, 0) is 28.3 Å². The molecular formula is C21H17ClO. The molecule has 0 bridgehead atoms. The zero-order valence-corrected chi connectivity index (χ0v) is 13.5. The lowest BCUT2D eigenvalue weighted by Gasteiger charge is -2.10. The molecule has 3 aromatic rings. The second-order valence-electron chi connectivity index (χ2n) is 5.51. The summed E-state index contributed by atoms with van der Waals surface area (Å²) in [6, 6.07) is 25.7. The Balaban J connectivity index is 1.81. The van der Waals surface area contributed by atoms with Crippen molar-refractivity contribution in [3.8, 4) is 11.1 Å². The molecule has 3 aromatic carbocycles. The van der Waals surface area contributed by atoms with Crippen molar-refractivity contribution < 1.29 is 4.79 Å². The number of ketones is 1. The van der Waals surface area contributed by atoms with Crippen LogP contribution in [-0.2, 0) is 17.6 Å². The van der Waals surface area contributed by atoms with Gasteiger partial charge >= 0.3 is 0 Å². The zero-order valence-electron chi connectivity index (χ0n) is 12.7. The maximum absolute atomic E-state index is 12.5. The number of carbonyl (C=O) groups is 1. The zero-order chi connectivity index (χ0) is 16.1. The van der Waals surface area contributed by atoms with E-state index in [4.69, 9.17) is 11.6 Å². The average Bonchev–Trinajstić information content (AvgIpc) is 2.58. The Hall–Kier alpha value is -2.38. The highest BCUT2D eigenvalue weighted by atomic mass is 35.5. The predicted molar refractivity (Wildman–Crippen MR) is 95.7 cm³/mol. The fourth-order valence-electron chi connectivity index (χ4n) is 2.70. The van der Waals surface area contributed by atoms with Crippen LogP contribution in [0.15, 0.2) is 78.9 Å². The van der Waals surface area contributed by atoms with Gasteiger partial charge in [-0.1, -0.05) is 84.4 Å². The number of Topliss-reactive ketones (excluding diaryl/α,β-unsaturated/α-hetero) is 1. The van der Waals surface area contributed by atoms with Crippen molar-refractivity contribution in [1.82, 2.24) is 0 Å². The van der Waals surface area contributed by atoms with Crippen molar-refractivity contribution >= 4 is 17.4 Å². The summed E-state index contributed by atoms with van der Waals surface area (Å²) in [5.74, 6) is 0.168. The first-order valence-electron chi connectivity index (χ1n) is 7.62. The van der Waals surface area contributed by atoms with Gasteiger partial charge in [0.2, 0.25) is 0 Å². The Morgan fingerprint density at radius 3 is 2.00 bits per heavy atom. The molecular weight excluding hydrogens is 304 g/mol. The maximum atomic E-state index is 12.5. The van der Waals surface area contributed by atoms with Gasteiger partial charge in [0, 0.05) is 17.9 Å². The summed E-state index contributed by atoms with van der Waals surface area (Å²) in [6.07, 6.45) is 0.777. The minimum absolute atomic E-state index is 0.168. The van der Waals surface area contributed by atoms with Gasteiger partial charge in [0.15, 0.2) is 0 Å². The molecule has 2 heteroatoms. The number of hydrogen-bond acceptors (Lipinski definition) is 1. The van der Waals surface area contributed by atoms with Crippen molar-refractivity contribution in [1.29, 1.82) is 0 Å². The van der Waals surface area contributed by atoms with E-state index in [9.17, 15) is 4.79 Å². The van der Waals surface area contributed by atoms with E-state index in [1.165, 1.54) is 0 Å². The molecule has 0 heterocycles. The molecule has 0 aliphatic carbocycles. The van der Waals surface area contributed by atoms with E-state index in [1.54, 1.807) is 0 Å². The van der Waals surface area contributed by atoms with E-state index >= 15 is 0 Å². The van der Waals surface area contributed by atoms with E-state index in [1.807, 2.05) is 60.7 Å². The number of carbonyl (C=O) groups excluding carboxylic acids is 1. The van der Waals surface area contributed by atoms with Crippen LogP contribution in [0.5, 0.6) is 0 Å². The predicted octanol–water partition coefficient (Wildman–Crippen LogP) is 5.36. The summed E-state index contributed by atoms with van der Waals surface area (Å²) in [5, 5.41) is 0.650. The fourth-order valence-corrected chi connectivity index (χ4v) is 2.91. The summed E-state index contributed by atoms with van der Waals surface area (Å²) < 4.78 is 0. The van der Waals surface area contributed by atoms with Gasteiger partial charge in [0.05, 0.1) is 0 Å². The third kappa shape index (κ3) is 3.88. The van der Waals surface area contributed by atoms with Crippen LogP contribution in [0.3, 0.4) is 0 Å². The van der Waals surface area contributed by atoms with Crippen molar-refractivity contribution in [3.05, 3.63) is 95.0 Å². The van der Waals surface area contributed by atoms with Gasteiger partial charge in [-0.2, -0.15) is 0 Å². The van der Waals surface area contributed by atoms with E-state index in [2.05, 4.69) is 18.2 Å². The van der Waals surface area contributed by atoms with Gasteiger partial charge in [-0.3, -0.25) is 4.79 Å². The molecule has 0 aliphatic heterocycles. The maximum Gasteiger partial charge on any atom is 0.141 e. The normalized spacial score (nSPS) is 10.5. The van der Waals surface area contributed by atoms with Crippen molar-refractivity contribution in [2.24, 2.45) is 0 Å². The molecule has 23 heavy (non-hydrogen) atoms. The first kappa shape index (κ1) is 15.5. The number of halogens is 1. The Labute approximate surface area is 141 Å². The smallest absolute Gasteiger partial charge is 0.141 e. The summed E-state index contributed by atoms with van der Waals surface area (Å²) in [4.78, 5) is 12.5. The minimum atomic E-state index is 0.168. The topological polar surface area (TPSA) is 17.1 Å². The van der Waals surface area contributed by atoms with Crippen LogP contribution in [0.1, 0.15) is 11.1 Å². The fraction of sp³-hybridized carbons (Fsp3) is 0.0952. The second kappa shape index (κ2) is 7.26. The Kier molecular flexibility index (Phi) is 4.89. The lowest BCUT2D eigenvalue weighted by Crippen LogP contribution is -2.08. The third-order valence-corrected chi connectivity index (χ3v) is 4.20. The van der Waals surface area contributed by atoms with Crippen LogP contribution >= 0.6 is 11.6 Å². The second-order valence-corrected chi connectivity index (χ2v) is 5.91. The molecule has 1 nitrogen and oxygen atoms in total. The summed E-state index contributed by atoms with van der Waals surface area (Å²) >= 11 is 6.15. The van der Waals surface area contributed by atoms with E-state index in [-0.39, 0.29) is 5.78 Å². The molecule has 0 unspecified atom stereocenters. The SMILES string of the molecule is O=C(Cc1ccccc1Cl)Cc1ccccc1-c1ccccc1. The Morgan fingerprint density at radius 1 is 0.696 bits per heavy atom. The van der Waals surface area contributed by atoms with Gasteiger partial charge < -0.3 is 0 Å². The van der Waals surface area contributed by atoms with Crippen molar-refractivity contribution in [3.63, 3.8) is 0 Å². The molecule has 0 amide bonds. The lowest BCUT2D eigenvalue weighted by molar-refractivity contribution is -0.117. The first-order chi connectivity index (χ1) is 11.2. The number of hydrogen-bond donors (Lipinski definition) is 0. The summed E-state index contributed by atoms with van der Waals surface area (Å²) in [7, 11) is 0. The molecule has 3 rings (SSSR count). The van der Waals surface area contributed by atoms with Crippen molar-refractivity contribution in [2.75, 3.05) is 0 Å². The van der Waals surface area contributed by atoms with Gasteiger partial charge in [0.25, 0.3) is 0 Å². The highest BCUT2D eigenvalue weighted by Gasteiger charge is 2.11. The lowest BCUT2D eigenvalue weighted by atomic mass is 9.95. The van der Waals surface area contributed by atoms with Gasteiger partial charge in [0.1, 0.15) is 5.78 Å². The summed E-state index contributed by atoms with van der Waals surface area (Å²) in [5.41, 5.74) is 4.18. The van der Waals surface area contributed by atoms with E-state index in [0.29, 0.717) is 17.9 Å². The molecule has 0 saturated carbocycles. The van der Waals surface area contributed by atoms with Gasteiger partial charge in [-0.25, -0.2) is 0 Å². The Morgan fingerprint density at radius 2 is 1.26 bits per heavy atom. The monoisotopic (exact) mass is 320 g/mol. The molecule has 0 aliphatic rings. The number of rotatable bonds is 5. The largest absolute Gasteiger partial charge is 0.299 e. The molecule has 0 saturated heterocycles.